The van der Waals surface area contributed by atoms with Crippen LogP contribution in [-0.4, -0.2) is 48.4 Å². The zero-order chi connectivity index (χ0) is 23.6. The Kier molecular flexibility index (Phi) is 7.45. The monoisotopic (exact) mass is 484 g/mol. The van der Waals surface area contributed by atoms with Crippen molar-refractivity contribution in [2.24, 2.45) is 11.3 Å². The third-order valence-corrected chi connectivity index (χ3v) is 8.43. The van der Waals surface area contributed by atoms with E-state index < -0.39 is 0 Å². The van der Waals surface area contributed by atoms with E-state index in [1.165, 1.54) is 10.4 Å². The number of hydrogen-bond donors (Lipinski definition) is 1. The van der Waals surface area contributed by atoms with Crippen molar-refractivity contribution >= 4 is 33.8 Å². The van der Waals surface area contributed by atoms with E-state index in [1.54, 1.807) is 11.3 Å². The molecule has 33 heavy (non-hydrogen) atoms. The summed E-state index contributed by atoms with van der Waals surface area (Å²) < 4.78 is 0. The molecule has 1 unspecified atom stereocenters. The molecule has 1 amide bonds. The largest absolute Gasteiger partial charge is 0.315 e. The predicted octanol–water partition coefficient (Wildman–Crippen LogP) is 5.18. The summed E-state index contributed by atoms with van der Waals surface area (Å²) >= 11 is 7.59. The Balaban J connectivity index is 1.30. The van der Waals surface area contributed by atoms with Crippen molar-refractivity contribution in [3.8, 4) is 6.07 Å². The quantitative estimate of drug-likeness (QED) is 0.635. The number of amides is 1. The first-order valence-corrected chi connectivity index (χ1v) is 13.0. The first-order chi connectivity index (χ1) is 15.7. The van der Waals surface area contributed by atoms with Gasteiger partial charge in [0, 0.05) is 42.6 Å². The third kappa shape index (κ3) is 5.96. The number of carbonyl (C=O) groups excluding carboxylic acids is 1. The van der Waals surface area contributed by atoms with E-state index in [0.29, 0.717) is 18.0 Å². The molecule has 2 aromatic rings. The number of piperazine rings is 1. The number of thiophene rings is 1. The van der Waals surface area contributed by atoms with E-state index in [-0.39, 0.29) is 11.3 Å². The molecule has 1 aliphatic carbocycles. The Morgan fingerprint density at radius 2 is 1.85 bits per heavy atom. The zero-order valence-corrected chi connectivity index (χ0v) is 21.4. The highest BCUT2D eigenvalue weighted by Crippen LogP contribution is 2.43. The first kappa shape index (κ1) is 24.2. The van der Waals surface area contributed by atoms with Crippen LogP contribution < -0.4 is 5.32 Å². The first-order valence-electron chi connectivity index (χ1n) is 11.8. The molecule has 1 aromatic carbocycles. The van der Waals surface area contributed by atoms with Crippen molar-refractivity contribution in [2.75, 3.05) is 38.0 Å². The van der Waals surface area contributed by atoms with Gasteiger partial charge in [-0.3, -0.25) is 14.6 Å². The lowest BCUT2D eigenvalue weighted by molar-refractivity contribution is -0.117. The van der Waals surface area contributed by atoms with Gasteiger partial charge in [0.2, 0.25) is 5.91 Å². The Hall–Kier alpha value is -1.91. The molecule has 176 valence electrons. The molecule has 0 radical (unpaired) electrons. The van der Waals surface area contributed by atoms with Crippen molar-refractivity contribution in [2.45, 2.75) is 46.6 Å². The standard InChI is InChI=1S/C26H33ClN4OS/c1-26(2,3)19-6-9-21-22(15-28)25(33-23(21)14-19)29-24(32)17-31-12-10-30(11-13-31)16-18-4-7-20(27)8-5-18/h4-5,7-8,19H,6,9-14,16-17H2,1-3H3,(H,29,32). The van der Waals surface area contributed by atoms with Gasteiger partial charge in [0.25, 0.3) is 0 Å². The molecule has 7 heteroatoms. The van der Waals surface area contributed by atoms with Gasteiger partial charge in [-0.05, 0) is 53.9 Å². The summed E-state index contributed by atoms with van der Waals surface area (Å²) in [7, 11) is 0. The number of rotatable bonds is 5. The van der Waals surface area contributed by atoms with Gasteiger partial charge in [-0.1, -0.05) is 44.5 Å². The second-order valence-electron chi connectivity index (χ2n) is 10.4. The van der Waals surface area contributed by atoms with Crippen LogP contribution >= 0.6 is 22.9 Å². The van der Waals surface area contributed by atoms with E-state index in [0.717, 1.165) is 67.6 Å². The lowest BCUT2D eigenvalue weighted by Gasteiger charge is -2.34. The van der Waals surface area contributed by atoms with E-state index in [1.807, 2.05) is 12.1 Å². The molecular weight excluding hydrogens is 452 g/mol. The van der Waals surface area contributed by atoms with Gasteiger partial charge in [0.1, 0.15) is 11.1 Å². The van der Waals surface area contributed by atoms with Gasteiger partial charge in [-0.15, -0.1) is 11.3 Å². The highest BCUT2D eigenvalue weighted by Gasteiger charge is 2.32. The van der Waals surface area contributed by atoms with Crippen LogP contribution in [0.5, 0.6) is 0 Å². The summed E-state index contributed by atoms with van der Waals surface area (Å²) in [6.45, 7) is 11.7. The minimum Gasteiger partial charge on any atom is -0.315 e. The Labute approximate surface area is 206 Å². The second kappa shape index (κ2) is 10.1. The van der Waals surface area contributed by atoms with Crippen LogP contribution in [-0.2, 0) is 24.2 Å². The van der Waals surface area contributed by atoms with E-state index in [9.17, 15) is 10.1 Å². The van der Waals surface area contributed by atoms with Gasteiger partial charge in [-0.25, -0.2) is 0 Å². The number of carbonyl (C=O) groups is 1. The topological polar surface area (TPSA) is 59.4 Å². The number of halogens is 1. The van der Waals surface area contributed by atoms with Crippen LogP contribution in [0.15, 0.2) is 24.3 Å². The average molecular weight is 485 g/mol. The molecule has 1 saturated heterocycles. The van der Waals surface area contributed by atoms with Crippen molar-refractivity contribution in [1.29, 1.82) is 5.26 Å². The molecule has 2 aliphatic rings. The molecule has 0 spiro atoms. The SMILES string of the molecule is CC(C)(C)C1CCc2c(sc(NC(=O)CN3CCN(Cc4ccc(Cl)cc4)CC3)c2C#N)C1. The average Bonchev–Trinajstić information content (AvgIpc) is 3.12. The van der Waals surface area contributed by atoms with Gasteiger partial charge >= 0.3 is 0 Å². The Morgan fingerprint density at radius 3 is 2.48 bits per heavy atom. The van der Waals surface area contributed by atoms with Gasteiger partial charge in [-0.2, -0.15) is 5.26 Å². The van der Waals surface area contributed by atoms with Crippen molar-refractivity contribution in [3.63, 3.8) is 0 Å². The Morgan fingerprint density at radius 1 is 1.18 bits per heavy atom. The van der Waals surface area contributed by atoms with Crippen LogP contribution in [0.1, 0.15) is 48.8 Å². The number of fused-ring (bicyclic) bond motifs is 1. The fourth-order valence-corrected chi connectivity index (χ4v) is 6.27. The number of nitrogens with zero attached hydrogens (tertiary/aromatic N) is 3. The molecule has 0 saturated carbocycles. The number of anilines is 1. The van der Waals surface area contributed by atoms with E-state index in [4.69, 9.17) is 11.6 Å². The second-order valence-corrected chi connectivity index (χ2v) is 11.9. The summed E-state index contributed by atoms with van der Waals surface area (Å²) in [5.74, 6) is 0.589. The lowest BCUT2D eigenvalue weighted by Crippen LogP contribution is -2.48. The summed E-state index contributed by atoms with van der Waals surface area (Å²) in [6, 6.07) is 10.4. The van der Waals surface area contributed by atoms with Gasteiger partial charge < -0.3 is 5.32 Å². The minimum absolute atomic E-state index is 0.0244. The number of nitriles is 1. The van der Waals surface area contributed by atoms with Crippen LogP contribution in [0.3, 0.4) is 0 Å². The van der Waals surface area contributed by atoms with E-state index in [2.05, 4.69) is 54.1 Å². The van der Waals surface area contributed by atoms with Gasteiger partial charge in [0.05, 0.1) is 12.1 Å². The number of hydrogen-bond acceptors (Lipinski definition) is 5. The molecule has 2 heterocycles. The molecular formula is C26H33ClN4OS. The minimum atomic E-state index is -0.0244. The Bertz CT molecular complexity index is 1030. The highest BCUT2D eigenvalue weighted by atomic mass is 35.5. The summed E-state index contributed by atoms with van der Waals surface area (Å²) in [4.78, 5) is 18.7. The van der Waals surface area contributed by atoms with Crippen LogP contribution in [0.25, 0.3) is 0 Å². The van der Waals surface area contributed by atoms with E-state index >= 15 is 0 Å². The van der Waals surface area contributed by atoms with Crippen molar-refractivity contribution < 1.29 is 4.79 Å². The molecule has 4 rings (SSSR count). The normalized spacial score (nSPS) is 19.7. The number of benzene rings is 1. The van der Waals surface area contributed by atoms with Crippen LogP contribution in [0, 0.1) is 22.7 Å². The zero-order valence-electron chi connectivity index (χ0n) is 19.8. The molecule has 1 atom stereocenters. The molecule has 0 bridgehead atoms. The summed E-state index contributed by atoms with van der Waals surface area (Å²) in [5.41, 5.74) is 3.36. The smallest absolute Gasteiger partial charge is 0.239 e. The lowest BCUT2D eigenvalue weighted by atomic mass is 9.72. The third-order valence-electron chi connectivity index (χ3n) is 7.01. The maximum Gasteiger partial charge on any atom is 0.239 e. The van der Waals surface area contributed by atoms with Crippen LogP contribution in [0.4, 0.5) is 5.00 Å². The van der Waals surface area contributed by atoms with Crippen molar-refractivity contribution in [3.05, 3.63) is 50.9 Å². The highest BCUT2D eigenvalue weighted by molar-refractivity contribution is 7.16. The number of nitrogens with one attached hydrogen (secondary N) is 1. The molecule has 1 N–H and O–H groups in total. The predicted molar refractivity (Wildman–Crippen MR) is 136 cm³/mol. The summed E-state index contributed by atoms with van der Waals surface area (Å²) in [5, 5.41) is 14.3. The summed E-state index contributed by atoms with van der Waals surface area (Å²) in [6.07, 6.45) is 3.04. The molecule has 5 nitrogen and oxygen atoms in total. The van der Waals surface area contributed by atoms with Crippen molar-refractivity contribution in [1.82, 2.24) is 9.80 Å². The fraction of sp³-hybridized carbons (Fsp3) is 0.538. The molecule has 1 aromatic heterocycles. The maximum absolute atomic E-state index is 12.8. The van der Waals surface area contributed by atoms with Gasteiger partial charge in [0.15, 0.2) is 0 Å². The van der Waals surface area contributed by atoms with Crippen LogP contribution in [0.2, 0.25) is 5.02 Å². The fourth-order valence-electron chi connectivity index (χ4n) is 4.85. The molecule has 1 aliphatic heterocycles. The maximum atomic E-state index is 12.8. The molecule has 1 fully saturated rings.